The smallest absolute Gasteiger partial charge is 0.246 e. The summed E-state index contributed by atoms with van der Waals surface area (Å²) in [5.74, 6) is 1.52. The third-order valence-electron chi connectivity index (χ3n) is 7.05. The molecule has 5 unspecified atom stereocenters. The van der Waals surface area contributed by atoms with Crippen molar-refractivity contribution in [2.24, 2.45) is 22.7 Å². The summed E-state index contributed by atoms with van der Waals surface area (Å²) in [5.41, 5.74) is 1.46. The van der Waals surface area contributed by atoms with Crippen LogP contribution in [0.15, 0.2) is 12.2 Å². The lowest BCUT2D eigenvalue weighted by molar-refractivity contribution is -0.172. The van der Waals surface area contributed by atoms with E-state index in [9.17, 15) is 4.79 Å². The number of rotatable bonds is 4. The van der Waals surface area contributed by atoms with Crippen molar-refractivity contribution in [3.8, 4) is 0 Å². The van der Waals surface area contributed by atoms with Crippen LogP contribution in [-0.2, 0) is 9.53 Å². The second kappa shape index (κ2) is 4.84. The molecule has 2 bridgehead atoms. The van der Waals surface area contributed by atoms with Gasteiger partial charge in [0, 0.05) is 18.5 Å². The molecule has 0 spiro atoms. The zero-order chi connectivity index (χ0) is 15.4. The van der Waals surface area contributed by atoms with Crippen molar-refractivity contribution in [3.05, 3.63) is 12.2 Å². The lowest BCUT2D eigenvalue weighted by Crippen LogP contribution is -2.52. The minimum absolute atomic E-state index is 0.0601. The lowest BCUT2D eigenvalue weighted by Gasteiger charge is -2.48. The van der Waals surface area contributed by atoms with Crippen LogP contribution in [0.5, 0.6) is 0 Å². The second-order valence-corrected chi connectivity index (χ2v) is 8.24. The molecule has 3 nitrogen and oxygen atoms in total. The molecular weight excluding hydrogens is 262 g/mol. The zero-order valence-corrected chi connectivity index (χ0v) is 13.9. The van der Waals surface area contributed by atoms with Crippen LogP contribution in [0.25, 0.3) is 0 Å². The highest BCUT2D eigenvalue weighted by Gasteiger charge is 2.64. The molecule has 3 heteroatoms. The van der Waals surface area contributed by atoms with E-state index in [2.05, 4.69) is 32.7 Å². The van der Waals surface area contributed by atoms with Gasteiger partial charge in [0.2, 0.25) is 5.91 Å². The number of hydrogen-bond acceptors (Lipinski definition) is 2. The first kappa shape index (κ1) is 15.1. The van der Waals surface area contributed by atoms with Crippen molar-refractivity contribution in [1.82, 2.24) is 5.32 Å². The van der Waals surface area contributed by atoms with Crippen LogP contribution < -0.4 is 5.32 Å². The SMILES string of the molecule is C=C(C)C(=O)NCC1CC(C2CC3CCC2(C)C3(C)C)O1. The maximum Gasteiger partial charge on any atom is 0.246 e. The molecule has 1 amide bonds. The lowest BCUT2D eigenvalue weighted by atomic mass is 9.64. The molecule has 21 heavy (non-hydrogen) atoms. The third kappa shape index (κ3) is 2.16. The Labute approximate surface area is 128 Å². The summed E-state index contributed by atoms with van der Waals surface area (Å²) in [7, 11) is 0. The van der Waals surface area contributed by atoms with Gasteiger partial charge in [-0.05, 0) is 48.9 Å². The number of carbonyl (C=O) groups excluding carboxylic acids is 1. The standard InChI is InChI=1S/C18H29NO2/c1-11(2)16(20)19-10-13-9-15(21-13)14-8-12-6-7-18(14,5)17(12,3)4/h12-15H,1,6-10H2,2-5H3,(H,19,20). The Hall–Kier alpha value is -0.830. The predicted molar refractivity (Wildman–Crippen MR) is 83.8 cm³/mol. The van der Waals surface area contributed by atoms with Crippen molar-refractivity contribution < 1.29 is 9.53 Å². The second-order valence-electron chi connectivity index (χ2n) is 8.24. The van der Waals surface area contributed by atoms with E-state index in [1.54, 1.807) is 6.92 Å². The Balaban J connectivity index is 1.52. The highest BCUT2D eigenvalue weighted by molar-refractivity contribution is 5.92. The number of carbonyl (C=O) groups is 1. The molecule has 1 N–H and O–H groups in total. The number of nitrogens with one attached hydrogen (secondary N) is 1. The summed E-state index contributed by atoms with van der Waals surface area (Å²) < 4.78 is 6.12. The summed E-state index contributed by atoms with van der Waals surface area (Å²) in [6, 6.07) is 0. The molecular formula is C18H29NO2. The molecule has 1 heterocycles. The number of amides is 1. The summed E-state index contributed by atoms with van der Waals surface area (Å²) in [6.45, 7) is 13.4. The minimum atomic E-state index is -0.0601. The Morgan fingerprint density at radius 3 is 2.48 bits per heavy atom. The third-order valence-corrected chi connectivity index (χ3v) is 7.05. The molecule has 2 saturated carbocycles. The maximum atomic E-state index is 11.5. The predicted octanol–water partition coefficient (Wildman–Crippen LogP) is 3.30. The van der Waals surface area contributed by atoms with Crippen LogP contribution in [0.2, 0.25) is 0 Å². The van der Waals surface area contributed by atoms with Gasteiger partial charge in [-0.3, -0.25) is 4.79 Å². The molecule has 1 saturated heterocycles. The zero-order valence-electron chi connectivity index (χ0n) is 13.9. The van der Waals surface area contributed by atoms with Gasteiger partial charge in [-0.15, -0.1) is 0 Å². The Morgan fingerprint density at radius 2 is 2.00 bits per heavy atom. The molecule has 0 aromatic rings. The molecule has 118 valence electrons. The quantitative estimate of drug-likeness (QED) is 0.807. The summed E-state index contributed by atoms with van der Waals surface area (Å²) >= 11 is 0. The highest BCUT2D eigenvalue weighted by Crippen LogP contribution is 2.69. The van der Waals surface area contributed by atoms with Crippen LogP contribution in [0.3, 0.4) is 0 Å². The molecule has 1 aliphatic heterocycles. The maximum absolute atomic E-state index is 11.5. The van der Waals surface area contributed by atoms with E-state index in [0.717, 1.165) is 12.3 Å². The van der Waals surface area contributed by atoms with E-state index in [4.69, 9.17) is 4.74 Å². The molecule has 3 rings (SSSR count). The minimum Gasteiger partial charge on any atom is -0.373 e. The van der Waals surface area contributed by atoms with E-state index in [-0.39, 0.29) is 12.0 Å². The van der Waals surface area contributed by atoms with E-state index >= 15 is 0 Å². The van der Waals surface area contributed by atoms with Gasteiger partial charge in [-0.25, -0.2) is 0 Å². The topological polar surface area (TPSA) is 38.3 Å². The molecule has 3 fully saturated rings. The summed E-state index contributed by atoms with van der Waals surface area (Å²) in [4.78, 5) is 11.5. The van der Waals surface area contributed by atoms with Gasteiger partial charge in [-0.1, -0.05) is 27.4 Å². The largest absolute Gasteiger partial charge is 0.373 e. The fraction of sp³-hybridized carbons (Fsp3) is 0.833. The molecule has 5 atom stereocenters. The van der Waals surface area contributed by atoms with Gasteiger partial charge in [0.15, 0.2) is 0 Å². The van der Waals surface area contributed by atoms with Crippen molar-refractivity contribution in [3.63, 3.8) is 0 Å². The van der Waals surface area contributed by atoms with Crippen molar-refractivity contribution in [2.75, 3.05) is 6.54 Å². The Kier molecular flexibility index (Phi) is 3.47. The number of ether oxygens (including phenoxy) is 1. The molecule has 0 aromatic carbocycles. The van der Waals surface area contributed by atoms with E-state index in [1.807, 2.05) is 0 Å². The van der Waals surface area contributed by atoms with E-state index in [0.29, 0.717) is 35.0 Å². The Bertz CT molecular complexity index is 464. The van der Waals surface area contributed by atoms with Gasteiger partial charge in [0.05, 0.1) is 12.2 Å². The van der Waals surface area contributed by atoms with E-state index in [1.165, 1.54) is 19.3 Å². The van der Waals surface area contributed by atoms with Gasteiger partial charge in [-0.2, -0.15) is 0 Å². The van der Waals surface area contributed by atoms with Crippen molar-refractivity contribution in [2.45, 2.75) is 65.6 Å². The molecule has 3 aliphatic rings. The fourth-order valence-electron chi connectivity index (χ4n) is 5.07. The first-order valence-corrected chi connectivity index (χ1v) is 8.35. The van der Waals surface area contributed by atoms with Gasteiger partial charge in [0.25, 0.3) is 0 Å². The van der Waals surface area contributed by atoms with E-state index < -0.39 is 0 Å². The molecule has 0 radical (unpaired) electrons. The Morgan fingerprint density at radius 1 is 1.33 bits per heavy atom. The monoisotopic (exact) mass is 291 g/mol. The van der Waals surface area contributed by atoms with Crippen LogP contribution in [0.1, 0.15) is 53.4 Å². The van der Waals surface area contributed by atoms with Crippen molar-refractivity contribution in [1.29, 1.82) is 0 Å². The number of hydrogen-bond donors (Lipinski definition) is 1. The van der Waals surface area contributed by atoms with Gasteiger partial charge >= 0.3 is 0 Å². The van der Waals surface area contributed by atoms with Gasteiger partial charge in [0.1, 0.15) is 0 Å². The summed E-state index contributed by atoms with van der Waals surface area (Å²) in [6.07, 6.45) is 5.78. The number of fused-ring (bicyclic) bond motifs is 2. The van der Waals surface area contributed by atoms with Crippen LogP contribution in [-0.4, -0.2) is 24.7 Å². The van der Waals surface area contributed by atoms with Crippen LogP contribution >= 0.6 is 0 Å². The molecule has 0 aromatic heterocycles. The van der Waals surface area contributed by atoms with Crippen LogP contribution in [0.4, 0.5) is 0 Å². The fourth-order valence-corrected chi connectivity index (χ4v) is 5.07. The first-order chi connectivity index (χ1) is 9.75. The average molecular weight is 291 g/mol. The molecule has 2 aliphatic carbocycles. The van der Waals surface area contributed by atoms with Crippen LogP contribution in [0, 0.1) is 22.7 Å². The van der Waals surface area contributed by atoms with Gasteiger partial charge < -0.3 is 10.1 Å². The summed E-state index contributed by atoms with van der Waals surface area (Å²) in [5, 5.41) is 2.89. The average Bonchev–Trinajstić information content (AvgIpc) is 2.69. The van der Waals surface area contributed by atoms with Crippen molar-refractivity contribution >= 4 is 5.91 Å². The first-order valence-electron chi connectivity index (χ1n) is 8.35. The normalized spacial score (nSPS) is 43.4. The highest BCUT2D eigenvalue weighted by atomic mass is 16.5.